The Kier molecular flexibility index (Phi) is 7.16. The van der Waals surface area contributed by atoms with E-state index in [2.05, 4.69) is 34.8 Å². The van der Waals surface area contributed by atoms with Crippen LogP contribution in [0.2, 0.25) is 0 Å². The average molecular weight is 403 g/mol. The molecule has 0 unspecified atom stereocenters. The number of ether oxygens (including phenoxy) is 1. The van der Waals surface area contributed by atoms with Gasteiger partial charge in [0.2, 0.25) is 0 Å². The van der Waals surface area contributed by atoms with Crippen LogP contribution in [0.4, 0.5) is 5.82 Å². The lowest BCUT2D eigenvalue weighted by Gasteiger charge is -2.17. The summed E-state index contributed by atoms with van der Waals surface area (Å²) in [6.07, 6.45) is 8.85. The second-order valence-electron chi connectivity index (χ2n) is 5.74. The summed E-state index contributed by atoms with van der Waals surface area (Å²) in [4.78, 5) is 9.65. The number of anilines is 1. The number of nitrogens with zero attached hydrogens (tertiary/aromatic N) is 2. The molecule has 0 atom stereocenters. The van der Waals surface area contributed by atoms with Crippen LogP contribution in [0.1, 0.15) is 69.3 Å². The molecule has 0 spiro atoms. The molecule has 0 aromatic carbocycles. The van der Waals surface area contributed by atoms with Gasteiger partial charge in [0.1, 0.15) is 11.6 Å². The van der Waals surface area contributed by atoms with E-state index in [1.165, 1.54) is 38.5 Å². The molecule has 5 heteroatoms. The predicted octanol–water partition coefficient (Wildman–Crippen LogP) is 4.49. The van der Waals surface area contributed by atoms with Crippen molar-refractivity contribution in [2.45, 2.75) is 64.4 Å². The molecular weight excluding hydrogens is 377 g/mol. The first-order valence-electron chi connectivity index (χ1n) is 8.05. The number of nitrogens with one attached hydrogen (secondary N) is 1. The van der Waals surface area contributed by atoms with E-state index in [0.29, 0.717) is 12.5 Å². The molecule has 1 saturated carbocycles. The van der Waals surface area contributed by atoms with E-state index in [-0.39, 0.29) is 0 Å². The maximum atomic E-state index is 5.31. The summed E-state index contributed by atoms with van der Waals surface area (Å²) in [7, 11) is 1.72. The van der Waals surface area contributed by atoms with E-state index in [1.807, 2.05) is 0 Å². The Bertz CT molecular complexity index is 445. The fourth-order valence-corrected chi connectivity index (χ4v) is 3.41. The lowest BCUT2D eigenvalue weighted by Crippen LogP contribution is -2.13. The number of halogens is 1. The molecule has 1 N–H and O–H groups in total. The van der Waals surface area contributed by atoms with Crippen molar-refractivity contribution in [1.82, 2.24) is 9.97 Å². The summed E-state index contributed by atoms with van der Waals surface area (Å²) in [6, 6.07) is 0. The monoisotopic (exact) mass is 403 g/mol. The Morgan fingerprint density at radius 2 is 1.90 bits per heavy atom. The Morgan fingerprint density at radius 3 is 2.52 bits per heavy atom. The van der Waals surface area contributed by atoms with Crippen molar-refractivity contribution >= 4 is 28.4 Å². The van der Waals surface area contributed by atoms with Crippen LogP contribution in [0.5, 0.6) is 0 Å². The van der Waals surface area contributed by atoms with Crippen LogP contribution in [-0.4, -0.2) is 23.6 Å². The second kappa shape index (κ2) is 8.88. The van der Waals surface area contributed by atoms with Crippen LogP contribution in [0.25, 0.3) is 0 Å². The quantitative estimate of drug-likeness (QED) is 0.562. The van der Waals surface area contributed by atoms with Crippen LogP contribution in [0, 0.1) is 3.57 Å². The van der Waals surface area contributed by atoms with Gasteiger partial charge < -0.3 is 10.1 Å². The number of hydrogen-bond acceptors (Lipinski definition) is 4. The summed E-state index contributed by atoms with van der Waals surface area (Å²) in [5.74, 6) is 2.52. The zero-order chi connectivity index (χ0) is 15.1. The molecule has 2 rings (SSSR count). The standard InChI is InChI=1S/C16H26IN3O/c1-3-10-18-16-14(17)13(11-21-2)19-15(20-16)12-8-6-4-5-7-9-12/h12H,3-11H2,1-2H3,(H,18,19,20). The molecule has 1 aliphatic rings. The van der Waals surface area contributed by atoms with Gasteiger partial charge in [-0.2, -0.15) is 0 Å². The van der Waals surface area contributed by atoms with Crippen molar-refractivity contribution in [3.05, 3.63) is 15.1 Å². The molecule has 1 heterocycles. The lowest BCUT2D eigenvalue weighted by molar-refractivity contribution is 0.180. The SMILES string of the molecule is CCCNc1nc(C2CCCCCC2)nc(COC)c1I. The van der Waals surface area contributed by atoms with Gasteiger partial charge in [0, 0.05) is 19.6 Å². The number of hydrogen-bond donors (Lipinski definition) is 1. The largest absolute Gasteiger partial charge is 0.378 e. The van der Waals surface area contributed by atoms with Gasteiger partial charge >= 0.3 is 0 Å². The summed E-state index contributed by atoms with van der Waals surface area (Å²) in [5.41, 5.74) is 1.02. The zero-order valence-electron chi connectivity index (χ0n) is 13.1. The highest BCUT2D eigenvalue weighted by Crippen LogP contribution is 2.31. The van der Waals surface area contributed by atoms with Gasteiger partial charge in [-0.25, -0.2) is 9.97 Å². The Balaban J connectivity index is 2.27. The zero-order valence-corrected chi connectivity index (χ0v) is 15.3. The molecule has 0 radical (unpaired) electrons. The van der Waals surface area contributed by atoms with Crippen molar-refractivity contribution in [1.29, 1.82) is 0 Å². The fourth-order valence-electron chi connectivity index (χ4n) is 2.83. The van der Waals surface area contributed by atoms with E-state index in [1.54, 1.807) is 7.11 Å². The Labute approximate surface area is 141 Å². The van der Waals surface area contributed by atoms with Crippen LogP contribution < -0.4 is 5.32 Å². The van der Waals surface area contributed by atoms with Crippen molar-refractivity contribution in [2.75, 3.05) is 19.0 Å². The van der Waals surface area contributed by atoms with Gasteiger partial charge in [0.05, 0.1) is 15.9 Å². The maximum Gasteiger partial charge on any atom is 0.143 e. The maximum absolute atomic E-state index is 5.31. The van der Waals surface area contributed by atoms with Crippen LogP contribution in [-0.2, 0) is 11.3 Å². The van der Waals surface area contributed by atoms with E-state index in [9.17, 15) is 0 Å². The molecule has 1 aromatic rings. The van der Waals surface area contributed by atoms with E-state index < -0.39 is 0 Å². The summed E-state index contributed by atoms with van der Waals surface area (Å²) < 4.78 is 6.41. The molecule has 0 bridgehead atoms. The smallest absolute Gasteiger partial charge is 0.143 e. The van der Waals surface area contributed by atoms with Crippen LogP contribution in [0.15, 0.2) is 0 Å². The van der Waals surface area contributed by atoms with E-state index >= 15 is 0 Å². The summed E-state index contributed by atoms with van der Waals surface area (Å²) in [6.45, 7) is 3.67. The minimum absolute atomic E-state index is 0.516. The third kappa shape index (κ3) is 4.77. The minimum Gasteiger partial charge on any atom is -0.378 e. The van der Waals surface area contributed by atoms with Crippen molar-refractivity contribution < 1.29 is 4.74 Å². The molecule has 0 saturated heterocycles. The van der Waals surface area contributed by atoms with Crippen molar-refractivity contribution in [3.63, 3.8) is 0 Å². The van der Waals surface area contributed by atoms with Gasteiger partial charge in [0.15, 0.2) is 0 Å². The third-order valence-corrected chi connectivity index (χ3v) is 5.11. The van der Waals surface area contributed by atoms with E-state index in [0.717, 1.165) is 33.9 Å². The molecule has 0 amide bonds. The number of rotatable bonds is 6. The molecule has 21 heavy (non-hydrogen) atoms. The van der Waals surface area contributed by atoms with Crippen molar-refractivity contribution in [2.24, 2.45) is 0 Å². The Morgan fingerprint density at radius 1 is 1.19 bits per heavy atom. The second-order valence-corrected chi connectivity index (χ2v) is 6.82. The first-order valence-corrected chi connectivity index (χ1v) is 9.13. The fraction of sp³-hybridized carbons (Fsp3) is 0.750. The van der Waals surface area contributed by atoms with Crippen molar-refractivity contribution in [3.8, 4) is 0 Å². The Hall–Kier alpha value is -0.430. The van der Waals surface area contributed by atoms with Crippen LogP contribution >= 0.6 is 22.6 Å². The number of aromatic nitrogens is 2. The molecule has 1 aromatic heterocycles. The highest BCUT2D eigenvalue weighted by Gasteiger charge is 2.20. The topological polar surface area (TPSA) is 47.0 Å². The molecule has 4 nitrogen and oxygen atoms in total. The van der Waals surface area contributed by atoms with Crippen LogP contribution in [0.3, 0.4) is 0 Å². The van der Waals surface area contributed by atoms with Gasteiger partial charge in [-0.05, 0) is 41.9 Å². The lowest BCUT2D eigenvalue weighted by atomic mass is 9.99. The molecule has 118 valence electrons. The molecule has 1 fully saturated rings. The summed E-state index contributed by atoms with van der Waals surface area (Å²) >= 11 is 2.33. The minimum atomic E-state index is 0.516. The highest BCUT2D eigenvalue weighted by atomic mass is 127. The average Bonchev–Trinajstić information content (AvgIpc) is 2.77. The molecular formula is C16H26IN3O. The number of methoxy groups -OCH3 is 1. The molecule has 0 aliphatic heterocycles. The predicted molar refractivity (Wildman–Crippen MR) is 94.7 cm³/mol. The molecule has 1 aliphatic carbocycles. The normalized spacial score (nSPS) is 16.7. The highest BCUT2D eigenvalue weighted by molar-refractivity contribution is 14.1. The van der Waals surface area contributed by atoms with Gasteiger partial charge in [0.25, 0.3) is 0 Å². The summed E-state index contributed by atoms with van der Waals surface area (Å²) in [5, 5.41) is 3.44. The first-order chi connectivity index (χ1) is 10.3. The first kappa shape index (κ1) is 16.9. The van der Waals surface area contributed by atoms with Gasteiger partial charge in [-0.3, -0.25) is 0 Å². The van der Waals surface area contributed by atoms with E-state index in [4.69, 9.17) is 14.7 Å². The van der Waals surface area contributed by atoms with Gasteiger partial charge in [-0.1, -0.05) is 32.6 Å². The van der Waals surface area contributed by atoms with Gasteiger partial charge in [-0.15, -0.1) is 0 Å². The third-order valence-electron chi connectivity index (χ3n) is 3.98.